The first-order valence-corrected chi connectivity index (χ1v) is 3.62. The quantitative estimate of drug-likeness (QED) is 0.125. The number of rotatable bonds is 4. The fraction of sp³-hybridized carbons (Fsp3) is 0.800. The minimum Gasteiger partial charge on any atom is -0.370 e. The third-order valence-corrected chi connectivity index (χ3v) is 0.946. The molecule has 0 aromatic rings. The first kappa shape index (κ1) is 14.0. The molecule has 0 saturated carbocycles. The summed E-state index contributed by atoms with van der Waals surface area (Å²) < 4.78 is 0. The van der Waals surface area contributed by atoms with Crippen LogP contribution in [0.3, 0.4) is 0 Å². The summed E-state index contributed by atoms with van der Waals surface area (Å²) in [5.41, 5.74) is 10.2. The van der Waals surface area contributed by atoms with Crippen molar-refractivity contribution in [2.45, 2.75) is 12.8 Å². The molecule has 0 atom stereocenters. The van der Waals surface area contributed by atoms with Crippen LogP contribution in [0, 0.1) is 15.5 Å². The van der Waals surface area contributed by atoms with Gasteiger partial charge in [-0.15, -0.1) is 10.1 Å². The molecule has 0 rings (SSSR count). The molecule has 0 bridgehead atoms. The van der Waals surface area contributed by atoms with Gasteiger partial charge in [0.05, 0.1) is 0 Å². The number of hydrogen-bond donors (Lipinski definition) is 5. The van der Waals surface area contributed by atoms with Crippen LogP contribution < -0.4 is 16.8 Å². The second-order valence-corrected chi connectivity index (χ2v) is 2.07. The molecule has 0 spiro atoms. The molecular formula is C5H15N5O3. The predicted octanol–water partition coefficient (Wildman–Crippen LogP) is -1.14. The fourth-order valence-electron chi connectivity index (χ4n) is 0.492. The lowest BCUT2D eigenvalue weighted by Crippen LogP contribution is -2.31. The zero-order valence-corrected chi connectivity index (χ0v) is 7.19. The summed E-state index contributed by atoms with van der Waals surface area (Å²) in [7, 11) is 0. The second-order valence-electron chi connectivity index (χ2n) is 2.07. The number of unbranched alkanes of at least 4 members (excludes halogenated alkanes) is 1. The van der Waals surface area contributed by atoms with Crippen LogP contribution in [0.2, 0.25) is 0 Å². The van der Waals surface area contributed by atoms with E-state index in [-0.39, 0.29) is 5.96 Å². The number of hydrogen-bond acceptors (Lipinski definition) is 4. The maximum Gasteiger partial charge on any atom is 0.291 e. The van der Waals surface area contributed by atoms with E-state index in [1.807, 2.05) is 0 Å². The number of nitrogens with zero attached hydrogens (tertiary/aromatic N) is 1. The van der Waals surface area contributed by atoms with Crippen molar-refractivity contribution >= 4 is 5.96 Å². The molecule has 0 saturated heterocycles. The molecule has 13 heavy (non-hydrogen) atoms. The van der Waals surface area contributed by atoms with Crippen molar-refractivity contribution in [2.75, 3.05) is 13.1 Å². The van der Waals surface area contributed by atoms with Crippen LogP contribution in [-0.2, 0) is 0 Å². The Morgan fingerprint density at radius 1 is 1.62 bits per heavy atom. The minimum atomic E-state index is -1.50. The molecule has 0 aromatic carbocycles. The molecule has 0 aliphatic carbocycles. The standard InChI is InChI=1S/C5H14N4.HNO3/c6-3-1-2-4-9-5(7)8;2-1(3)4/h1-4,6H2,(H4,7,8,9);(H,2,3,4). The lowest BCUT2D eigenvalue weighted by molar-refractivity contribution is -0.742. The zero-order valence-electron chi connectivity index (χ0n) is 7.19. The first-order chi connectivity index (χ1) is 6.00. The average molecular weight is 193 g/mol. The fourth-order valence-corrected chi connectivity index (χ4v) is 0.492. The third-order valence-electron chi connectivity index (χ3n) is 0.946. The van der Waals surface area contributed by atoms with Crippen LogP contribution in [0.15, 0.2) is 0 Å². The Hall–Kier alpha value is -1.57. The summed E-state index contributed by atoms with van der Waals surface area (Å²) in [6.45, 7) is 1.46. The summed E-state index contributed by atoms with van der Waals surface area (Å²) in [4.78, 5) is 8.36. The average Bonchev–Trinajstić information content (AvgIpc) is 1.97. The van der Waals surface area contributed by atoms with Crippen LogP contribution in [0.25, 0.3) is 0 Å². The maximum atomic E-state index is 8.36. The normalized spacial score (nSPS) is 8.08. The van der Waals surface area contributed by atoms with Gasteiger partial charge in [-0.25, -0.2) is 0 Å². The van der Waals surface area contributed by atoms with E-state index < -0.39 is 5.09 Å². The molecule has 0 aromatic heterocycles. The molecule has 7 N–H and O–H groups in total. The highest BCUT2D eigenvalue weighted by Gasteiger charge is 1.85. The lowest BCUT2D eigenvalue weighted by Gasteiger charge is -2.00. The van der Waals surface area contributed by atoms with Crippen molar-refractivity contribution in [3.05, 3.63) is 10.1 Å². The van der Waals surface area contributed by atoms with E-state index in [2.05, 4.69) is 5.32 Å². The molecule has 0 radical (unpaired) electrons. The van der Waals surface area contributed by atoms with Gasteiger partial charge in [-0.3, -0.25) is 5.41 Å². The Bertz CT molecular complexity index is 147. The van der Waals surface area contributed by atoms with Crippen molar-refractivity contribution < 1.29 is 10.3 Å². The molecule has 0 fully saturated rings. The smallest absolute Gasteiger partial charge is 0.291 e. The highest BCUT2D eigenvalue weighted by Crippen LogP contribution is 1.80. The van der Waals surface area contributed by atoms with Gasteiger partial charge in [-0.1, -0.05) is 0 Å². The van der Waals surface area contributed by atoms with E-state index in [0.717, 1.165) is 19.4 Å². The molecule has 8 heteroatoms. The summed E-state index contributed by atoms with van der Waals surface area (Å²) in [6.07, 6.45) is 1.97. The number of nitrogens with two attached hydrogens (primary N) is 2. The molecule has 0 unspecified atom stereocenters. The molecule has 0 aliphatic rings. The Morgan fingerprint density at radius 3 is 2.38 bits per heavy atom. The van der Waals surface area contributed by atoms with Gasteiger partial charge in [-0.05, 0) is 19.4 Å². The van der Waals surface area contributed by atoms with Crippen LogP contribution >= 0.6 is 0 Å². The second kappa shape index (κ2) is 10.4. The van der Waals surface area contributed by atoms with Crippen LogP contribution in [0.5, 0.6) is 0 Å². The van der Waals surface area contributed by atoms with Crippen molar-refractivity contribution in [2.24, 2.45) is 11.5 Å². The predicted molar refractivity (Wildman–Crippen MR) is 47.0 cm³/mol. The van der Waals surface area contributed by atoms with E-state index in [0.29, 0.717) is 6.54 Å². The van der Waals surface area contributed by atoms with Crippen LogP contribution in [0.1, 0.15) is 12.8 Å². The summed E-state index contributed by atoms with van der Waals surface area (Å²) in [5.74, 6) is 0.0343. The summed E-state index contributed by atoms with van der Waals surface area (Å²) in [6, 6.07) is 0. The minimum absolute atomic E-state index is 0.0343. The van der Waals surface area contributed by atoms with Gasteiger partial charge < -0.3 is 22.0 Å². The Balaban J connectivity index is 0. The van der Waals surface area contributed by atoms with Gasteiger partial charge in [0.2, 0.25) is 0 Å². The van der Waals surface area contributed by atoms with Gasteiger partial charge >= 0.3 is 0 Å². The summed E-state index contributed by atoms with van der Waals surface area (Å²) in [5, 5.41) is 23.1. The Morgan fingerprint density at radius 2 is 2.08 bits per heavy atom. The SMILES string of the molecule is N=C(N)NCCCCN.O=[N+]([O-])O. The number of nitrogens with one attached hydrogen (secondary N) is 2. The Kier molecular flexibility index (Phi) is 11.2. The molecule has 0 amide bonds. The highest BCUT2D eigenvalue weighted by atomic mass is 16.9. The molecule has 8 nitrogen and oxygen atoms in total. The van der Waals surface area contributed by atoms with Gasteiger partial charge in [0.15, 0.2) is 5.96 Å². The molecule has 0 aliphatic heterocycles. The molecule has 0 heterocycles. The van der Waals surface area contributed by atoms with Crippen LogP contribution in [-0.4, -0.2) is 29.3 Å². The third kappa shape index (κ3) is 37.8. The van der Waals surface area contributed by atoms with E-state index in [9.17, 15) is 0 Å². The van der Waals surface area contributed by atoms with Crippen LogP contribution in [0.4, 0.5) is 0 Å². The number of guanidine groups is 1. The van der Waals surface area contributed by atoms with Gasteiger partial charge in [0, 0.05) is 6.54 Å². The van der Waals surface area contributed by atoms with E-state index in [1.54, 1.807) is 0 Å². The largest absolute Gasteiger partial charge is 0.370 e. The summed E-state index contributed by atoms with van der Waals surface area (Å²) >= 11 is 0. The van der Waals surface area contributed by atoms with Gasteiger partial charge in [0.1, 0.15) is 0 Å². The first-order valence-electron chi connectivity index (χ1n) is 3.62. The van der Waals surface area contributed by atoms with Gasteiger partial charge in [0.25, 0.3) is 5.09 Å². The maximum absolute atomic E-state index is 8.36. The topological polar surface area (TPSA) is 151 Å². The molecule has 78 valence electrons. The lowest BCUT2D eigenvalue weighted by atomic mass is 10.3. The van der Waals surface area contributed by atoms with Crippen molar-refractivity contribution in [1.29, 1.82) is 5.41 Å². The van der Waals surface area contributed by atoms with Gasteiger partial charge in [-0.2, -0.15) is 0 Å². The molecular weight excluding hydrogens is 178 g/mol. The Labute approximate surface area is 75.5 Å². The monoisotopic (exact) mass is 193 g/mol. The zero-order chi connectivity index (χ0) is 10.7. The van der Waals surface area contributed by atoms with Crippen molar-refractivity contribution in [1.82, 2.24) is 5.32 Å². The van der Waals surface area contributed by atoms with Crippen molar-refractivity contribution in [3.63, 3.8) is 0 Å². The van der Waals surface area contributed by atoms with E-state index >= 15 is 0 Å². The van der Waals surface area contributed by atoms with E-state index in [4.69, 9.17) is 32.2 Å². The van der Waals surface area contributed by atoms with E-state index in [1.165, 1.54) is 0 Å². The highest BCUT2D eigenvalue weighted by molar-refractivity contribution is 5.74. The van der Waals surface area contributed by atoms with Crippen molar-refractivity contribution in [3.8, 4) is 0 Å².